The van der Waals surface area contributed by atoms with E-state index in [4.69, 9.17) is 9.47 Å². The number of aliphatic hydroxyl groups is 1. The van der Waals surface area contributed by atoms with E-state index in [0.29, 0.717) is 26.1 Å². The normalized spacial score (nSPS) is 16.6. The minimum Gasteiger partial charge on any atom is -0.491 e. The molecule has 27 heavy (non-hydrogen) atoms. The molecule has 0 spiro atoms. The summed E-state index contributed by atoms with van der Waals surface area (Å²) in [6.45, 7) is 3.58. The fourth-order valence-corrected chi connectivity index (χ4v) is 3.32. The minimum atomic E-state index is -0.858. The number of rotatable bonds is 7. The van der Waals surface area contributed by atoms with E-state index in [0.717, 1.165) is 30.9 Å². The van der Waals surface area contributed by atoms with Crippen LogP contribution in [0.25, 0.3) is 0 Å². The Morgan fingerprint density at radius 1 is 1.00 bits per heavy atom. The van der Waals surface area contributed by atoms with Crippen molar-refractivity contribution in [3.8, 4) is 5.75 Å². The monoisotopic (exact) mass is 395 g/mol. The van der Waals surface area contributed by atoms with Crippen LogP contribution in [0, 0.1) is 5.82 Å². The summed E-state index contributed by atoms with van der Waals surface area (Å²) >= 11 is 0. The summed E-state index contributed by atoms with van der Waals surface area (Å²) in [6.07, 6.45) is 1.30. The molecule has 1 fully saturated rings. The first kappa shape index (κ1) is 21.6. The van der Waals surface area contributed by atoms with Crippen LogP contribution in [0.4, 0.5) is 4.39 Å². The maximum Gasteiger partial charge on any atom is 0.123 e. The van der Waals surface area contributed by atoms with Gasteiger partial charge < -0.3 is 14.6 Å². The zero-order valence-electron chi connectivity index (χ0n) is 15.6. The van der Waals surface area contributed by atoms with Crippen molar-refractivity contribution in [1.29, 1.82) is 0 Å². The predicted octanol–water partition coefficient (Wildman–Crippen LogP) is 3.76. The highest BCUT2D eigenvalue weighted by Gasteiger charge is 2.33. The molecular formula is C21H27ClFNO3. The van der Waals surface area contributed by atoms with Crippen LogP contribution in [0.15, 0.2) is 48.5 Å². The highest BCUT2D eigenvalue weighted by molar-refractivity contribution is 5.85. The number of hydrogen-bond donors (Lipinski definition) is 1. The Morgan fingerprint density at radius 2 is 1.63 bits per heavy atom. The maximum atomic E-state index is 13.1. The summed E-state index contributed by atoms with van der Waals surface area (Å²) in [5, 5.41) is 10.9. The second-order valence-corrected chi connectivity index (χ2v) is 6.80. The average molecular weight is 396 g/mol. The van der Waals surface area contributed by atoms with Gasteiger partial charge >= 0.3 is 0 Å². The number of piperidine rings is 1. The SMILES string of the molecule is COCCOc1ccc(CN2CCC(O)(c3ccc(F)cc3)CC2)cc1.Cl. The molecule has 1 saturated heterocycles. The van der Waals surface area contributed by atoms with Crippen LogP contribution < -0.4 is 4.74 Å². The lowest BCUT2D eigenvalue weighted by atomic mass is 9.84. The topological polar surface area (TPSA) is 41.9 Å². The summed E-state index contributed by atoms with van der Waals surface area (Å²) in [5.74, 6) is 0.569. The second kappa shape index (κ2) is 10.0. The molecule has 2 aromatic rings. The Hall–Kier alpha value is -1.66. The molecule has 1 N–H and O–H groups in total. The van der Waals surface area contributed by atoms with Gasteiger partial charge in [-0.1, -0.05) is 24.3 Å². The average Bonchev–Trinajstić information content (AvgIpc) is 2.66. The fraction of sp³-hybridized carbons (Fsp3) is 0.429. The molecule has 0 saturated carbocycles. The fourth-order valence-electron chi connectivity index (χ4n) is 3.32. The Balaban J connectivity index is 0.00000261. The van der Waals surface area contributed by atoms with Crippen molar-refractivity contribution >= 4 is 12.4 Å². The van der Waals surface area contributed by atoms with Crippen LogP contribution in [-0.4, -0.2) is 43.4 Å². The quantitative estimate of drug-likeness (QED) is 0.725. The van der Waals surface area contributed by atoms with Crippen LogP contribution in [0.2, 0.25) is 0 Å². The van der Waals surface area contributed by atoms with E-state index in [1.807, 2.05) is 12.1 Å². The number of halogens is 2. The van der Waals surface area contributed by atoms with Gasteiger partial charge in [0.15, 0.2) is 0 Å². The van der Waals surface area contributed by atoms with E-state index in [2.05, 4.69) is 17.0 Å². The molecule has 3 rings (SSSR count). The van der Waals surface area contributed by atoms with Crippen molar-refractivity contribution < 1.29 is 19.0 Å². The highest BCUT2D eigenvalue weighted by atomic mass is 35.5. The zero-order chi connectivity index (χ0) is 18.4. The summed E-state index contributed by atoms with van der Waals surface area (Å²) in [5.41, 5.74) is 1.16. The third-order valence-corrected chi connectivity index (χ3v) is 4.95. The van der Waals surface area contributed by atoms with Crippen LogP contribution >= 0.6 is 12.4 Å². The molecule has 0 atom stereocenters. The van der Waals surface area contributed by atoms with Gasteiger partial charge in [-0.2, -0.15) is 0 Å². The molecule has 0 aliphatic carbocycles. The van der Waals surface area contributed by atoms with Crippen molar-refractivity contribution in [3.63, 3.8) is 0 Å². The van der Waals surface area contributed by atoms with E-state index >= 15 is 0 Å². The first-order valence-corrected chi connectivity index (χ1v) is 9.00. The predicted molar refractivity (Wildman–Crippen MR) is 106 cm³/mol. The third-order valence-electron chi connectivity index (χ3n) is 4.95. The lowest BCUT2D eigenvalue weighted by Crippen LogP contribution is -2.42. The molecule has 1 aliphatic heterocycles. The molecule has 1 heterocycles. The van der Waals surface area contributed by atoms with Crippen LogP contribution in [0.3, 0.4) is 0 Å². The van der Waals surface area contributed by atoms with Crippen molar-refractivity contribution in [3.05, 3.63) is 65.5 Å². The number of nitrogens with zero attached hydrogens (tertiary/aromatic N) is 1. The number of benzene rings is 2. The molecule has 0 radical (unpaired) electrons. The number of likely N-dealkylation sites (tertiary alicyclic amines) is 1. The summed E-state index contributed by atoms with van der Waals surface area (Å²) in [7, 11) is 1.65. The Labute approximate surface area is 166 Å². The van der Waals surface area contributed by atoms with Gasteiger partial charge in [-0.05, 0) is 48.2 Å². The zero-order valence-corrected chi connectivity index (χ0v) is 16.4. The van der Waals surface area contributed by atoms with E-state index in [9.17, 15) is 9.50 Å². The number of ether oxygens (including phenoxy) is 2. The van der Waals surface area contributed by atoms with Gasteiger partial charge in [0.2, 0.25) is 0 Å². The largest absolute Gasteiger partial charge is 0.491 e. The molecule has 148 valence electrons. The van der Waals surface area contributed by atoms with E-state index in [1.54, 1.807) is 19.2 Å². The highest BCUT2D eigenvalue weighted by Crippen LogP contribution is 2.33. The summed E-state index contributed by atoms with van der Waals surface area (Å²) < 4.78 is 23.6. The standard InChI is InChI=1S/C21H26FNO3.ClH/c1-25-14-15-26-20-8-2-17(3-9-20)16-23-12-10-21(24,11-13-23)18-4-6-19(22)7-5-18;/h2-9,24H,10-16H2,1H3;1H. The Kier molecular flexibility index (Phi) is 8.05. The van der Waals surface area contributed by atoms with Gasteiger partial charge in [0, 0.05) is 26.7 Å². The van der Waals surface area contributed by atoms with Gasteiger partial charge in [-0.15, -0.1) is 12.4 Å². The molecule has 0 aromatic heterocycles. The molecule has 2 aromatic carbocycles. The smallest absolute Gasteiger partial charge is 0.123 e. The van der Waals surface area contributed by atoms with Crippen LogP contribution in [0.5, 0.6) is 5.75 Å². The Morgan fingerprint density at radius 3 is 2.22 bits per heavy atom. The Bertz CT molecular complexity index is 686. The van der Waals surface area contributed by atoms with Crippen molar-refractivity contribution in [2.24, 2.45) is 0 Å². The van der Waals surface area contributed by atoms with Crippen molar-refractivity contribution in [2.75, 3.05) is 33.4 Å². The molecule has 0 bridgehead atoms. The molecule has 6 heteroatoms. The van der Waals surface area contributed by atoms with Gasteiger partial charge in [-0.25, -0.2) is 4.39 Å². The summed E-state index contributed by atoms with van der Waals surface area (Å²) in [4.78, 5) is 2.33. The van der Waals surface area contributed by atoms with Gasteiger partial charge in [0.1, 0.15) is 18.2 Å². The molecule has 1 aliphatic rings. The van der Waals surface area contributed by atoms with Gasteiger partial charge in [0.25, 0.3) is 0 Å². The lowest BCUT2D eigenvalue weighted by Gasteiger charge is -2.38. The molecule has 4 nitrogen and oxygen atoms in total. The minimum absolute atomic E-state index is 0. The number of hydrogen-bond acceptors (Lipinski definition) is 4. The van der Waals surface area contributed by atoms with Gasteiger partial charge in [-0.3, -0.25) is 4.90 Å². The lowest BCUT2D eigenvalue weighted by molar-refractivity contribution is -0.0277. The molecular weight excluding hydrogens is 369 g/mol. The van der Waals surface area contributed by atoms with E-state index in [-0.39, 0.29) is 18.2 Å². The van der Waals surface area contributed by atoms with E-state index < -0.39 is 5.60 Å². The van der Waals surface area contributed by atoms with Crippen molar-refractivity contribution in [2.45, 2.75) is 25.0 Å². The first-order chi connectivity index (χ1) is 12.6. The van der Waals surface area contributed by atoms with E-state index in [1.165, 1.54) is 17.7 Å². The summed E-state index contributed by atoms with van der Waals surface area (Å²) in [6, 6.07) is 14.3. The second-order valence-electron chi connectivity index (χ2n) is 6.80. The first-order valence-electron chi connectivity index (χ1n) is 9.00. The molecule has 0 amide bonds. The van der Waals surface area contributed by atoms with Crippen molar-refractivity contribution in [1.82, 2.24) is 4.90 Å². The van der Waals surface area contributed by atoms with Gasteiger partial charge in [0.05, 0.1) is 12.2 Å². The van der Waals surface area contributed by atoms with Crippen LogP contribution in [-0.2, 0) is 16.9 Å². The third kappa shape index (κ3) is 5.91. The number of methoxy groups -OCH3 is 1. The maximum absolute atomic E-state index is 13.1. The van der Waals surface area contributed by atoms with Crippen LogP contribution in [0.1, 0.15) is 24.0 Å². The molecule has 0 unspecified atom stereocenters.